The highest BCUT2D eigenvalue weighted by atomic mass is 16.1. The zero-order valence-corrected chi connectivity index (χ0v) is 18.4. The van der Waals surface area contributed by atoms with E-state index >= 15 is 0 Å². The third kappa shape index (κ3) is 3.90. The SMILES string of the molecule is Cc1nn(-c2ccccc2)c(C)c1CN1CCC[C@H](n2ncc(N3CCC3)cc2=O)C1. The maximum absolute atomic E-state index is 12.8. The second kappa shape index (κ2) is 8.30. The van der Waals surface area contributed by atoms with Crippen molar-refractivity contribution in [2.45, 2.75) is 45.7 Å². The smallest absolute Gasteiger partial charge is 0.269 e. The molecule has 3 aromatic rings. The highest BCUT2D eigenvalue weighted by molar-refractivity contribution is 5.45. The van der Waals surface area contributed by atoms with Gasteiger partial charge in [-0.1, -0.05) is 18.2 Å². The molecule has 0 bridgehead atoms. The second-order valence-electron chi connectivity index (χ2n) is 8.77. The van der Waals surface area contributed by atoms with E-state index < -0.39 is 0 Å². The Balaban J connectivity index is 1.33. The van der Waals surface area contributed by atoms with Gasteiger partial charge in [-0.3, -0.25) is 9.69 Å². The summed E-state index contributed by atoms with van der Waals surface area (Å²) in [7, 11) is 0. The Morgan fingerprint density at radius 1 is 1.03 bits per heavy atom. The average Bonchev–Trinajstić information content (AvgIpc) is 3.02. The fraction of sp³-hybridized carbons (Fsp3) is 0.458. The minimum atomic E-state index is 0.0144. The maximum atomic E-state index is 12.8. The van der Waals surface area contributed by atoms with Gasteiger partial charge in [0.1, 0.15) is 0 Å². The van der Waals surface area contributed by atoms with E-state index in [0.717, 1.165) is 62.6 Å². The Kier molecular flexibility index (Phi) is 5.36. The van der Waals surface area contributed by atoms with E-state index in [0.29, 0.717) is 0 Å². The van der Waals surface area contributed by atoms with Crippen LogP contribution < -0.4 is 10.5 Å². The van der Waals surface area contributed by atoms with Gasteiger partial charge in [-0.2, -0.15) is 10.2 Å². The van der Waals surface area contributed by atoms with Crippen LogP contribution in [0.3, 0.4) is 0 Å². The Bertz CT molecular complexity index is 1110. The summed E-state index contributed by atoms with van der Waals surface area (Å²) < 4.78 is 3.73. The van der Waals surface area contributed by atoms with Crippen molar-refractivity contribution in [1.82, 2.24) is 24.5 Å². The molecule has 2 aliphatic heterocycles. The molecule has 0 amide bonds. The molecular formula is C24H30N6O. The largest absolute Gasteiger partial charge is 0.370 e. The maximum Gasteiger partial charge on any atom is 0.269 e. The summed E-state index contributed by atoms with van der Waals surface area (Å²) in [4.78, 5) is 17.4. The number of anilines is 1. The fourth-order valence-corrected chi connectivity index (χ4v) is 4.75. The molecule has 0 aliphatic carbocycles. The van der Waals surface area contributed by atoms with Crippen LogP contribution in [0.1, 0.15) is 42.3 Å². The van der Waals surface area contributed by atoms with Gasteiger partial charge in [-0.05, 0) is 51.8 Å². The molecule has 7 nitrogen and oxygen atoms in total. The number of likely N-dealkylation sites (tertiary alicyclic amines) is 1. The molecule has 162 valence electrons. The first-order chi connectivity index (χ1) is 15.1. The number of aromatic nitrogens is 4. The van der Waals surface area contributed by atoms with Crippen molar-refractivity contribution in [1.29, 1.82) is 0 Å². The van der Waals surface area contributed by atoms with Crippen molar-refractivity contribution >= 4 is 5.69 Å². The minimum absolute atomic E-state index is 0.0144. The first-order valence-electron chi connectivity index (χ1n) is 11.3. The Labute approximate surface area is 182 Å². The molecule has 1 atom stereocenters. The minimum Gasteiger partial charge on any atom is -0.370 e. The molecule has 0 saturated carbocycles. The van der Waals surface area contributed by atoms with Crippen LogP contribution in [0, 0.1) is 13.8 Å². The van der Waals surface area contributed by atoms with Crippen LogP contribution in [0.15, 0.2) is 47.4 Å². The molecule has 0 unspecified atom stereocenters. The summed E-state index contributed by atoms with van der Waals surface area (Å²) in [5.74, 6) is 0. The Hall–Kier alpha value is -2.93. The summed E-state index contributed by atoms with van der Waals surface area (Å²) in [6.45, 7) is 9.00. The van der Waals surface area contributed by atoms with Crippen molar-refractivity contribution in [3.05, 3.63) is 69.9 Å². The molecule has 1 aromatic carbocycles. The van der Waals surface area contributed by atoms with Gasteiger partial charge in [0.05, 0.1) is 29.3 Å². The molecule has 2 fully saturated rings. The first-order valence-corrected chi connectivity index (χ1v) is 11.3. The summed E-state index contributed by atoms with van der Waals surface area (Å²) in [5, 5.41) is 9.34. The van der Waals surface area contributed by atoms with Crippen molar-refractivity contribution in [2.24, 2.45) is 0 Å². The third-order valence-corrected chi connectivity index (χ3v) is 6.68. The van der Waals surface area contributed by atoms with Gasteiger partial charge in [0.2, 0.25) is 0 Å². The topological polar surface area (TPSA) is 59.2 Å². The molecule has 2 saturated heterocycles. The lowest BCUT2D eigenvalue weighted by molar-refractivity contribution is 0.159. The van der Waals surface area contributed by atoms with Crippen LogP contribution in [-0.4, -0.2) is 50.6 Å². The van der Waals surface area contributed by atoms with Gasteiger partial charge in [-0.15, -0.1) is 0 Å². The lowest BCUT2D eigenvalue weighted by Crippen LogP contribution is -2.42. The monoisotopic (exact) mass is 418 g/mol. The van der Waals surface area contributed by atoms with E-state index in [-0.39, 0.29) is 11.6 Å². The summed E-state index contributed by atoms with van der Waals surface area (Å²) in [6.07, 6.45) is 5.11. The number of nitrogens with zero attached hydrogens (tertiary/aromatic N) is 6. The van der Waals surface area contributed by atoms with Crippen LogP contribution in [0.2, 0.25) is 0 Å². The van der Waals surface area contributed by atoms with E-state index in [1.54, 1.807) is 10.7 Å². The number of benzene rings is 1. The van der Waals surface area contributed by atoms with Gasteiger partial charge >= 0.3 is 0 Å². The predicted octanol–water partition coefficient (Wildman–Crippen LogP) is 3.09. The van der Waals surface area contributed by atoms with E-state index in [4.69, 9.17) is 5.10 Å². The van der Waals surface area contributed by atoms with Crippen molar-refractivity contribution in [2.75, 3.05) is 31.1 Å². The van der Waals surface area contributed by atoms with Gasteiger partial charge in [0, 0.05) is 43.5 Å². The van der Waals surface area contributed by atoms with E-state index in [2.05, 4.69) is 40.9 Å². The van der Waals surface area contributed by atoms with E-state index in [1.165, 1.54) is 17.7 Å². The zero-order chi connectivity index (χ0) is 21.4. The van der Waals surface area contributed by atoms with Crippen LogP contribution in [0.25, 0.3) is 5.69 Å². The normalized spacial score (nSPS) is 19.4. The van der Waals surface area contributed by atoms with Gasteiger partial charge < -0.3 is 4.90 Å². The lowest BCUT2D eigenvalue weighted by atomic mass is 10.0. The number of aryl methyl sites for hydroxylation is 1. The quantitative estimate of drug-likeness (QED) is 0.637. The summed E-state index contributed by atoms with van der Waals surface area (Å²) in [6, 6.07) is 12.2. The van der Waals surface area contributed by atoms with E-state index in [1.807, 2.05) is 29.1 Å². The molecule has 0 spiro atoms. The lowest BCUT2D eigenvalue weighted by Gasteiger charge is -2.34. The van der Waals surface area contributed by atoms with Crippen LogP contribution in [0.4, 0.5) is 5.69 Å². The van der Waals surface area contributed by atoms with Gasteiger partial charge in [0.25, 0.3) is 5.56 Å². The van der Waals surface area contributed by atoms with Crippen molar-refractivity contribution in [3.63, 3.8) is 0 Å². The first kappa shape index (κ1) is 20.0. The number of para-hydroxylation sites is 1. The third-order valence-electron chi connectivity index (χ3n) is 6.68. The molecule has 0 radical (unpaired) electrons. The summed E-state index contributed by atoms with van der Waals surface area (Å²) >= 11 is 0. The molecule has 2 aliphatic rings. The number of piperidine rings is 1. The number of hydrogen-bond acceptors (Lipinski definition) is 5. The molecular weight excluding hydrogens is 388 g/mol. The van der Waals surface area contributed by atoms with Gasteiger partial charge in [0.15, 0.2) is 0 Å². The van der Waals surface area contributed by atoms with E-state index in [9.17, 15) is 4.79 Å². The van der Waals surface area contributed by atoms with Crippen molar-refractivity contribution in [3.8, 4) is 5.69 Å². The molecule has 31 heavy (non-hydrogen) atoms. The average molecular weight is 419 g/mol. The Morgan fingerprint density at radius 2 is 1.84 bits per heavy atom. The molecule has 0 N–H and O–H groups in total. The second-order valence-corrected chi connectivity index (χ2v) is 8.77. The van der Waals surface area contributed by atoms with Crippen LogP contribution in [0.5, 0.6) is 0 Å². The molecule has 7 heteroatoms. The highest BCUT2D eigenvalue weighted by Gasteiger charge is 2.25. The van der Waals surface area contributed by atoms with Crippen LogP contribution >= 0.6 is 0 Å². The standard InChI is InChI=1S/C24H30N6O/c1-18-23(19(2)29(26-18)20-8-4-3-5-9-20)17-27-11-6-10-21(16-27)30-24(31)14-22(15-25-30)28-12-7-13-28/h3-5,8-9,14-15,21H,6-7,10-13,16-17H2,1-2H3/t21-/m0/s1. The zero-order valence-electron chi connectivity index (χ0n) is 18.4. The molecule has 4 heterocycles. The predicted molar refractivity (Wildman–Crippen MR) is 122 cm³/mol. The molecule has 2 aromatic heterocycles. The fourth-order valence-electron chi connectivity index (χ4n) is 4.75. The number of hydrogen-bond donors (Lipinski definition) is 0. The number of rotatable bonds is 5. The molecule has 5 rings (SSSR count). The summed E-state index contributed by atoms with van der Waals surface area (Å²) in [5.41, 5.74) is 5.58. The van der Waals surface area contributed by atoms with Crippen molar-refractivity contribution < 1.29 is 0 Å². The Morgan fingerprint density at radius 3 is 2.55 bits per heavy atom. The van der Waals surface area contributed by atoms with Gasteiger partial charge in [-0.25, -0.2) is 9.36 Å². The van der Waals surface area contributed by atoms with Crippen LogP contribution in [-0.2, 0) is 6.54 Å². The highest BCUT2D eigenvalue weighted by Crippen LogP contribution is 2.25.